The van der Waals surface area contributed by atoms with E-state index in [0.29, 0.717) is 33.5 Å². The summed E-state index contributed by atoms with van der Waals surface area (Å²) in [4.78, 5) is 29.7. The Morgan fingerprint density at radius 2 is 1.86 bits per heavy atom. The molecule has 0 atom stereocenters. The maximum atomic E-state index is 12.5. The van der Waals surface area contributed by atoms with Gasteiger partial charge >= 0.3 is 0 Å². The number of halogens is 1. The number of carbonyl (C=O) groups excluding carboxylic acids is 1. The number of nitrogens with one attached hydrogen (secondary N) is 2. The fourth-order valence-corrected chi connectivity index (χ4v) is 3.66. The molecule has 0 unspecified atom stereocenters. The summed E-state index contributed by atoms with van der Waals surface area (Å²) in [6.07, 6.45) is 0. The third kappa shape index (κ3) is 4.28. The summed E-state index contributed by atoms with van der Waals surface area (Å²) in [5, 5.41) is 11.6. The van der Waals surface area contributed by atoms with E-state index in [9.17, 15) is 9.59 Å². The number of aromatic nitrogens is 3. The van der Waals surface area contributed by atoms with Gasteiger partial charge in [-0.15, -0.1) is 0 Å². The van der Waals surface area contributed by atoms with E-state index in [-0.39, 0.29) is 11.5 Å². The SMILES string of the molecule is Cc1nn2c(=O)cc(CNc3ccccc3NC(=O)c3ccc(Cl)cc3)nc2s1. The number of carbonyl (C=O) groups is 1. The van der Waals surface area contributed by atoms with Crippen molar-refractivity contribution in [2.75, 3.05) is 10.6 Å². The van der Waals surface area contributed by atoms with E-state index in [1.54, 1.807) is 30.3 Å². The van der Waals surface area contributed by atoms with Crippen LogP contribution in [0.1, 0.15) is 21.1 Å². The number of amides is 1. The second-order valence-corrected chi connectivity index (χ2v) is 7.86. The van der Waals surface area contributed by atoms with Crippen molar-refractivity contribution < 1.29 is 4.79 Å². The highest BCUT2D eigenvalue weighted by atomic mass is 35.5. The number of rotatable bonds is 5. The average Bonchev–Trinajstić information content (AvgIpc) is 3.08. The minimum absolute atomic E-state index is 0.222. The van der Waals surface area contributed by atoms with E-state index in [1.807, 2.05) is 25.1 Å². The van der Waals surface area contributed by atoms with Crippen molar-refractivity contribution in [1.82, 2.24) is 14.6 Å². The zero-order chi connectivity index (χ0) is 20.4. The molecule has 146 valence electrons. The van der Waals surface area contributed by atoms with E-state index < -0.39 is 0 Å². The van der Waals surface area contributed by atoms with Crippen LogP contribution in [0.2, 0.25) is 5.02 Å². The van der Waals surface area contributed by atoms with E-state index in [4.69, 9.17) is 11.6 Å². The van der Waals surface area contributed by atoms with Gasteiger partial charge in [-0.25, -0.2) is 4.98 Å². The van der Waals surface area contributed by atoms with Crippen molar-refractivity contribution in [2.24, 2.45) is 0 Å². The third-order valence-corrected chi connectivity index (χ3v) is 5.22. The van der Waals surface area contributed by atoms with Crippen molar-refractivity contribution in [3.63, 3.8) is 0 Å². The molecule has 0 saturated heterocycles. The molecule has 0 radical (unpaired) electrons. The van der Waals surface area contributed by atoms with Crippen LogP contribution in [0.3, 0.4) is 0 Å². The third-order valence-electron chi connectivity index (χ3n) is 4.14. The van der Waals surface area contributed by atoms with Crippen LogP contribution in [0.25, 0.3) is 4.96 Å². The van der Waals surface area contributed by atoms with Gasteiger partial charge in [-0.3, -0.25) is 9.59 Å². The maximum absolute atomic E-state index is 12.5. The van der Waals surface area contributed by atoms with Gasteiger partial charge in [0.15, 0.2) is 0 Å². The number of anilines is 2. The number of nitrogens with zero attached hydrogens (tertiary/aromatic N) is 3. The molecule has 9 heteroatoms. The van der Waals surface area contributed by atoms with Gasteiger partial charge in [-0.1, -0.05) is 35.1 Å². The normalized spacial score (nSPS) is 10.8. The van der Waals surface area contributed by atoms with Crippen molar-refractivity contribution in [3.05, 3.63) is 86.2 Å². The molecule has 0 spiro atoms. The quantitative estimate of drug-likeness (QED) is 0.505. The van der Waals surface area contributed by atoms with Crippen molar-refractivity contribution in [3.8, 4) is 0 Å². The molecule has 0 saturated carbocycles. The summed E-state index contributed by atoms with van der Waals surface area (Å²) in [5.74, 6) is -0.242. The Kier molecular flexibility index (Phi) is 5.28. The minimum Gasteiger partial charge on any atom is -0.378 e. The van der Waals surface area contributed by atoms with Gasteiger partial charge in [0.1, 0.15) is 5.01 Å². The van der Waals surface area contributed by atoms with Crippen LogP contribution in [0.4, 0.5) is 11.4 Å². The highest BCUT2D eigenvalue weighted by molar-refractivity contribution is 7.16. The highest BCUT2D eigenvalue weighted by Crippen LogP contribution is 2.23. The Hall–Kier alpha value is -3.23. The van der Waals surface area contributed by atoms with E-state index in [2.05, 4.69) is 20.7 Å². The number of benzene rings is 2. The van der Waals surface area contributed by atoms with E-state index >= 15 is 0 Å². The average molecular weight is 426 g/mol. The van der Waals surface area contributed by atoms with Crippen molar-refractivity contribution >= 4 is 45.2 Å². The van der Waals surface area contributed by atoms with Crippen LogP contribution in [0.15, 0.2) is 59.4 Å². The smallest absolute Gasteiger partial charge is 0.275 e. The molecule has 0 aliphatic heterocycles. The van der Waals surface area contributed by atoms with E-state index in [0.717, 1.165) is 10.7 Å². The molecule has 0 aliphatic rings. The van der Waals surface area contributed by atoms with Crippen LogP contribution in [0, 0.1) is 6.92 Å². The second-order valence-electron chi connectivity index (χ2n) is 6.26. The molecular weight excluding hydrogens is 410 g/mol. The van der Waals surface area contributed by atoms with Crippen molar-refractivity contribution in [2.45, 2.75) is 13.5 Å². The number of fused-ring (bicyclic) bond motifs is 1. The molecule has 4 aromatic rings. The van der Waals surface area contributed by atoms with Gasteiger partial charge < -0.3 is 10.6 Å². The molecule has 1 amide bonds. The predicted molar refractivity (Wildman–Crippen MR) is 115 cm³/mol. The Morgan fingerprint density at radius 1 is 1.14 bits per heavy atom. The lowest BCUT2D eigenvalue weighted by Crippen LogP contribution is -2.17. The first-order chi connectivity index (χ1) is 14.0. The first kappa shape index (κ1) is 19.1. The molecular formula is C20H16ClN5O2S. The molecule has 2 aromatic heterocycles. The first-order valence-electron chi connectivity index (χ1n) is 8.76. The zero-order valence-electron chi connectivity index (χ0n) is 15.3. The van der Waals surface area contributed by atoms with Crippen LogP contribution < -0.4 is 16.2 Å². The molecule has 29 heavy (non-hydrogen) atoms. The second kappa shape index (κ2) is 8.02. The van der Waals surface area contributed by atoms with Gasteiger partial charge in [0.2, 0.25) is 4.96 Å². The largest absolute Gasteiger partial charge is 0.378 e. The first-order valence-corrected chi connectivity index (χ1v) is 9.95. The number of hydrogen-bond acceptors (Lipinski definition) is 6. The monoisotopic (exact) mass is 425 g/mol. The van der Waals surface area contributed by atoms with Gasteiger partial charge in [-0.2, -0.15) is 9.61 Å². The molecule has 0 aliphatic carbocycles. The fraction of sp³-hybridized carbons (Fsp3) is 0.100. The molecule has 7 nitrogen and oxygen atoms in total. The lowest BCUT2D eigenvalue weighted by molar-refractivity contribution is 0.102. The molecule has 0 bridgehead atoms. The topological polar surface area (TPSA) is 88.4 Å². The Labute approximate surface area is 175 Å². The molecule has 2 heterocycles. The van der Waals surface area contributed by atoms with Gasteiger partial charge in [0, 0.05) is 16.7 Å². The Balaban J connectivity index is 1.52. The van der Waals surface area contributed by atoms with Gasteiger partial charge in [-0.05, 0) is 43.3 Å². The molecule has 0 fully saturated rings. The summed E-state index contributed by atoms with van der Waals surface area (Å²) in [7, 11) is 0. The molecule has 4 rings (SSSR count). The summed E-state index contributed by atoms with van der Waals surface area (Å²) in [5.41, 5.74) is 2.22. The number of aryl methyl sites for hydroxylation is 1. The predicted octanol–water partition coefficient (Wildman–Crippen LogP) is 3.98. The molecule has 2 N–H and O–H groups in total. The fourth-order valence-electron chi connectivity index (χ4n) is 2.77. The number of para-hydroxylation sites is 2. The Bertz CT molecular complexity index is 1250. The van der Waals surface area contributed by atoms with Gasteiger partial charge in [0.25, 0.3) is 11.5 Å². The van der Waals surface area contributed by atoms with Crippen LogP contribution in [-0.2, 0) is 6.54 Å². The lowest BCUT2D eigenvalue weighted by atomic mass is 10.2. The summed E-state index contributed by atoms with van der Waals surface area (Å²) in [6.45, 7) is 2.16. The summed E-state index contributed by atoms with van der Waals surface area (Å²) in [6, 6.07) is 15.5. The summed E-state index contributed by atoms with van der Waals surface area (Å²) < 4.78 is 1.30. The Morgan fingerprint density at radius 3 is 2.62 bits per heavy atom. The van der Waals surface area contributed by atoms with Crippen LogP contribution >= 0.6 is 22.9 Å². The highest BCUT2D eigenvalue weighted by Gasteiger charge is 2.10. The molecule has 2 aromatic carbocycles. The maximum Gasteiger partial charge on any atom is 0.275 e. The van der Waals surface area contributed by atoms with Gasteiger partial charge in [0.05, 0.1) is 23.6 Å². The van der Waals surface area contributed by atoms with E-state index in [1.165, 1.54) is 21.9 Å². The number of hydrogen-bond donors (Lipinski definition) is 2. The van der Waals surface area contributed by atoms with Crippen LogP contribution in [-0.4, -0.2) is 20.5 Å². The standard InChI is InChI=1S/C20H16ClN5O2S/c1-12-25-26-18(27)10-15(23-20(26)29-12)11-22-16-4-2-3-5-17(16)24-19(28)13-6-8-14(21)9-7-13/h2-10,22H,11H2,1H3,(H,24,28). The van der Waals surface area contributed by atoms with Crippen molar-refractivity contribution in [1.29, 1.82) is 0 Å². The summed E-state index contributed by atoms with van der Waals surface area (Å²) >= 11 is 7.23. The minimum atomic E-state index is -0.242. The zero-order valence-corrected chi connectivity index (χ0v) is 16.9. The lowest BCUT2D eigenvalue weighted by Gasteiger charge is -2.13. The van der Waals surface area contributed by atoms with Crippen LogP contribution in [0.5, 0.6) is 0 Å².